The lowest BCUT2D eigenvalue weighted by Crippen LogP contribution is -1.99. The normalized spacial score (nSPS) is 8.91. The molecule has 0 fully saturated rings. The highest BCUT2D eigenvalue weighted by atomic mass is 15.3. The molecule has 0 aliphatic carbocycles. The van der Waals surface area contributed by atoms with Crippen molar-refractivity contribution >= 4 is 0 Å². The van der Waals surface area contributed by atoms with E-state index < -0.39 is 0 Å². The molecule has 0 saturated carbocycles. The lowest BCUT2D eigenvalue weighted by atomic mass is 10.3. The van der Waals surface area contributed by atoms with E-state index in [1.54, 1.807) is 0 Å². The first-order chi connectivity index (χ1) is 5.38. The van der Waals surface area contributed by atoms with E-state index in [0.29, 0.717) is 24.5 Å². The van der Waals surface area contributed by atoms with Gasteiger partial charge < -0.3 is 11.5 Å². The van der Waals surface area contributed by atoms with Crippen molar-refractivity contribution in [2.24, 2.45) is 11.5 Å². The second kappa shape index (κ2) is 3.71. The van der Waals surface area contributed by atoms with E-state index in [-0.39, 0.29) is 0 Å². The zero-order valence-corrected chi connectivity index (χ0v) is 5.96. The van der Waals surface area contributed by atoms with Crippen LogP contribution in [0.15, 0.2) is 0 Å². The molecule has 0 aliphatic rings. The molecular weight excluding hydrogens is 142 g/mol. The molecule has 0 aromatic carbocycles. The van der Waals surface area contributed by atoms with Crippen molar-refractivity contribution in [3.8, 4) is 11.8 Å². The fourth-order valence-corrected chi connectivity index (χ4v) is 0.630. The molecule has 0 atom stereocenters. The Morgan fingerprint density at radius 3 is 2.82 bits per heavy atom. The molecule has 0 radical (unpaired) electrons. The molecule has 1 aromatic rings. The van der Waals surface area contributed by atoms with Gasteiger partial charge in [-0.3, -0.25) is 0 Å². The SMILES string of the molecule is NCC#Cc1n[nH]nc1CN. The molecule has 1 aromatic heterocycles. The number of hydrogen-bond acceptors (Lipinski definition) is 4. The Morgan fingerprint density at radius 2 is 2.18 bits per heavy atom. The summed E-state index contributed by atoms with van der Waals surface area (Å²) in [6, 6.07) is 0. The molecule has 0 spiro atoms. The van der Waals surface area contributed by atoms with Crippen LogP contribution in [0, 0.1) is 11.8 Å². The first-order valence-corrected chi connectivity index (χ1v) is 3.17. The van der Waals surface area contributed by atoms with Gasteiger partial charge in [0.1, 0.15) is 5.69 Å². The Bertz CT molecular complexity index is 279. The number of aromatic nitrogens is 3. The molecule has 0 amide bonds. The fraction of sp³-hybridized carbons (Fsp3) is 0.333. The minimum absolute atomic E-state index is 0.316. The summed E-state index contributed by atoms with van der Waals surface area (Å²) in [4.78, 5) is 0. The maximum Gasteiger partial charge on any atom is 0.159 e. The van der Waals surface area contributed by atoms with Gasteiger partial charge in [0.25, 0.3) is 0 Å². The molecule has 11 heavy (non-hydrogen) atoms. The zero-order valence-electron chi connectivity index (χ0n) is 5.96. The second-order valence-corrected chi connectivity index (χ2v) is 1.83. The molecular formula is C6H9N5. The van der Waals surface area contributed by atoms with Crippen molar-refractivity contribution in [3.05, 3.63) is 11.4 Å². The summed E-state index contributed by atoms with van der Waals surface area (Å²) in [5.74, 6) is 5.41. The van der Waals surface area contributed by atoms with Crippen molar-refractivity contribution in [3.63, 3.8) is 0 Å². The molecule has 1 rings (SSSR count). The number of aromatic amines is 1. The highest BCUT2D eigenvalue weighted by Crippen LogP contribution is 1.95. The monoisotopic (exact) mass is 151 g/mol. The summed E-state index contributed by atoms with van der Waals surface area (Å²) < 4.78 is 0. The third-order valence-corrected chi connectivity index (χ3v) is 1.12. The van der Waals surface area contributed by atoms with E-state index >= 15 is 0 Å². The number of rotatable bonds is 1. The smallest absolute Gasteiger partial charge is 0.159 e. The van der Waals surface area contributed by atoms with E-state index in [2.05, 4.69) is 27.3 Å². The van der Waals surface area contributed by atoms with Crippen LogP contribution in [-0.2, 0) is 6.54 Å². The molecule has 5 heteroatoms. The summed E-state index contributed by atoms with van der Waals surface area (Å²) in [5.41, 5.74) is 11.8. The third-order valence-electron chi connectivity index (χ3n) is 1.12. The fourth-order valence-electron chi connectivity index (χ4n) is 0.630. The minimum atomic E-state index is 0.316. The Balaban J connectivity index is 2.84. The van der Waals surface area contributed by atoms with Gasteiger partial charge in [-0.15, -0.1) is 5.10 Å². The lowest BCUT2D eigenvalue weighted by Gasteiger charge is -1.84. The van der Waals surface area contributed by atoms with Crippen LogP contribution in [0.25, 0.3) is 0 Å². The minimum Gasteiger partial charge on any atom is -0.325 e. The maximum absolute atomic E-state index is 5.35. The van der Waals surface area contributed by atoms with Gasteiger partial charge in [-0.05, 0) is 5.92 Å². The van der Waals surface area contributed by atoms with E-state index in [4.69, 9.17) is 11.5 Å². The summed E-state index contributed by atoms with van der Waals surface area (Å²) in [6.45, 7) is 0.655. The predicted molar refractivity (Wildman–Crippen MR) is 40.2 cm³/mol. The van der Waals surface area contributed by atoms with Gasteiger partial charge in [-0.25, -0.2) is 0 Å². The molecule has 1 heterocycles. The Hall–Kier alpha value is -1.38. The van der Waals surface area contributed by atoms with Gasteiger partial charge in [0.15, 0.2) is 5.69 Å². The van der Waals surface area contributed by atoms with Crippen molar-refractivity contribution in [1.82, 2.24) is 15.4 Å². The molecule has 5 N–H and O–H groups in total. The molecule has 0 bridgehead atoms. The topological polar surface area (TPSA) is 93.6 Å². The summed E-state index contributed by atoms with van der Waals surface area (Å²) >= 11 is 0. The van der Waals surface area contributed by atoms with Gasteiger partial charge in [-0.2, -0.15) is 10.3 Å². The number of nitrogens with one attached hydrogen (secondary N) is 1. The van der Waals surface area contributed by atoms with Gasteiger partial charge in [-0.1, -0.05) is 5.92 Å². The zero-order chi connectivity index (χ0) is 8.10. The van der Waals surface area contributed by atoms with Crippen LogP contribution in [0.4, 0.5) is 0 Å². The van der Waals surface area contributed by atoms with Crippen LogP contribution >= 0.6 is 0 Å². The number of H-pyrrole nitrogens is 1. The number of hydrogen-bond donors (Lipinski definition) is 3. The Morgan fingerprint density at radius 1 is 1.36 bits per heavy atom. The first-order valence-electron chi connectivity index (χ1n) is 3.17. The highest BCUT2D eigenvalue weighted by Gasteiger charge is 2.00. The van der Waals surface area contributed by atoms with E-state index in [1.165, 1.54) is 0 Å². The van der Waals surface area contributed by atoms with Crippen LogP contribution in [0.5, 0.6) is 0 Å². The van der Waals surface area contributed by atoms with Crippen molar-refractivity contribution in [2.45, 2.75) is 6.54 Å². The van der Waals surface area contributed by atoms with Crippen molar-refractivity contribution in [1.29, 1.82) is 0 Å². The predicted octanol–water partition coefficient (Wildman–Crippen LogP) is -1.43. The average molecular weight is 151 g/mol. The second-order valence-electron chi connectivity index (χ2n) is 1.83. The molecule has 0 aliphatic heterocycles. The van der Waals surface area contributed by atoms with Crippen LogP contribution in [0.3, 0.4) is 0 Å². The van der Waals surface area contributed by atoms with Crippen LogP contribution in [-0.4, -0.2) is 22.0 Å². The van der Waals surface area contributed by atoms with E-state index in [9.17, 15) is 0 Å². The molecule has 58 valence electrons. The van der Waals surface area contributed by atoms with Gasteiger partial charge >= 0.3 is 0 Å². The molecule has 0 saturated heterocycles. The first kappa shape index (κ1) is 7.72. The quantitative estimate of drug-likeness (QED) is 0.429. The summed E-state index contributed by atoms with van der Waals surface area (Å²) in [5, 5.41) is 10.00. The molecule has 5 nitrogen and oxygen atoms in total. The summed E-state index contributed by atoms with van der Waals surface area (Å²) in [6.07, 6.45) is 0. The van der Waals surface area contributed by atoms with Gasteiger partial charge in [0.2, 0.25) is 0 Å². The third kappa shape index (κ3) is 1.77. The van der Waals surface area contributed by atoms with Crippen molar-refractivity contribution < 1.29 is 0 Å². The molecule has 0 unspecified atom stereocenters. The summed E-state index contributed by atoms with van der Waals surface area (Å²) in [7, 11) is 0. The van der Waals surface area contributed by atoms with Crippen molar-refractivity contribution in [2.75, 3.05) is 6.54 Å². The number of nitrogens with two attached hydrogens (primary N) is 2. The highest BCUT2D eigenvalue weighted by molar-refractivity contribution is 5.30. The van der Waals surface area contributed by atoms with Crippen LogP contribution in [0.2, 0.25) is 0 Å². The maximum atomic E-state index is 5.35. The standard InChI is InChI=1S/C6H9N5/c7-3-1-2-5-6(4-8)10-11-9-5/h3-4,7-8H2,(H,9,10,11). The van der Waals surface area contributed by atoms with Gasteiger partial charge in [0, 0.05) is 6.54 Å². The van der Waals surface area contributed by atoms with Gasteiger partial charge in [0.05, 0.1) is 6.54 Å². The largest absolute Gasteiger partial charge is 0.325 e. The van der Waals surface area contributed by atoms with E-state index in [1.807, 2.05) is 0 Å². The van der Waals surface area contributed by atoms with Crippen LogP contribution in [0.1, 0.15) is 11.4 Å². The Kier molecular flexibility index (Phi) is 2.60. The van der Waals surface area contributed by atoms with E-state index in [0.717, 1.165) is 0 Å². The lowest BCUT2D eigenvalue weighted by molar-refractivity contribution is 0.898. The van der Waals surface area contributed by atoms with Crippen LogP contribution < -0.4 is 11.5 Å². The number of nitrogens with zero attached hydrogens (tertiary/aromatic N) is 2. The average Bonchev–Trinajstić information content (AvgIpc) is 2.47. The Labute approximate surface area is 64.2 Å².